The second-order valence-electron chi connectivity index (χ2n) is 2.91. The molecule has 0 heterocycles. The first kappa shape index (κ1) is 11.1. The van der Waals surface area contributed by atoms with Gasteiger partial charge in [-0.25, -0.2) is 0 Å². The summed E-state index contributed by atoms with van der Waals surface area (Å²) in [6.07, 6.45) is 0. The molecule has 1 aromatic carbocycles. The lowest BCUT2D eigenvalue weighted by Crippen LogP contribution is -2.05. The highest BCUT2D eigenvalue weighted by atomic mass is 79.9. The molecule has 13 heavy (non-hydrogen) atoms. The topological polar surface area (TPSA) is 26.0 Å². The molecule has 3 heteroatoms. The molecular formula is C10H14BrNS. The Morgan fingerprint density at radius 3 is 2.69 bits per heavy atom. The molecule has 0 unspecified atom stereocenters. The Bertz CT molecular complexity index is 286. The molecule has 1 nitrogen and oxygen atoms in total. The van der Waals surface area contributed by atoms with Gasteiger partial charge in [-0.2, -0.15) is 0 Å². The van der Waals surface area contributed by atoms with E-state index < -0.39 is 0 Å². The van der Waals surface area contributed by atoms with Crippen molar-refractivity contribution in [2.24, 2.45) is 5.73 Å². The van der Waals surface area contributed by atoms with Crippen molar-refractivity contribution in [3.05, 3.63) is 28.2 Å². The molecule has 2 N–H and O–H groups in total. The second kappa shape index (κ2) is 5.03. The summed E-state index contributed by atoms with van der Waals surface area (Å²) in [5.74, 6) is 1.10. The van der Waals surface area contributed by atoms with Crippen LogP contribution in [-0.4, -0.2) is 5.75 Å². The molecule has 1 aromatic rings. The lowest BCUT2D eigenvalue weighted by Gasteiger charge is -2.09. The number of benzene rings is 1. The molecule has 0 saturated carbocycles. The molecule has 72 valence electrons. The summed E-state index contributed by atoms with van der Waals surface area (Å²) >= 11 is 5.36. The minimum Gasteiger partial charge on any atom is -0.324 e. The number of hydrogen-bond donors (Lipinski definition) is 1. The maximum Gasteiger partial charge on any atom is 0.0277 e. The van der Waals surface area contributed by atoms with Gasteiger partial charge in [-0.15, -0.1) is 11.8 Å². The molecule has 0 bridgehead atoms. The highest BCUT2D eigenvalue weighted by Gasteiger charge is 2.04. The van der Waals surface area contributed by atoms with Crippen LogP contribution in [0.1, 0.15) is 25.5 Å². The number of thioether (sulfide) groups is 1. The standard InChI is InChI=1S/C10H14BrNS/c1-3-13-8-4-5-9(7(2)12)10(11)6-8/h4-7H,3,12H2,1-2H3/t7-/m1/s1. The summed E-state index contributed by atoms with van der Waals surface area (Å²) < 4.78 is 1.11. The van der Waals surface area contributed by atoms with Gasteiger partial charge in [0.2, 0.25) is 0 Å². The third-order valence-electron chi connectivity index (χ3n) is 1.77. The van der Waals surface area contributed by atoms with Crippen molar-refractivity contribution in [1.82, 2.24) is 0 Å². The monoisotopic (exact) mass is 259 g/mol. The van der Waals surface area contributed by atoms with E-state index in [9.17, 15) is 0 Å². The van der Waals surface area contributed by atoms with Gasteiger partial charge in [-0.05, 0) is 30.4 Å². The summed E-state index contributed by atoms with van der Waals surface area (Å²) in [6.45, 7) is 4.14. The van der Waals surface area contributed by atoms with Crippen molar-refractivity contribution in [2.45, 2.75) is 24.8 Å². The zero-order valence-electron chi connectivity index (χ0n) is 7.88. The van der Waals surface area contributed by atoms with Crippen LogP contribution in [0.4, 0.5) is 0 Å². The highest BCUT2D eigenvalue weighted by Crippen LogP contribution is 2.27. The molecule has 0 saturated heterocycles. The van der Waals surface area contributed by atoms with E-state index in [-0.39, 0.29) is 6.04 Å². The van der Waals surface area contributed by atoms with Crippen LogP contribution in [0.3, 0.4) is 0 Å². The Hall–Kier alpha value is 0.01000. The van der Waals surface area contributed by atoms with E-state index in [0.29, 0.717) is 0 Å². The largest absolute Gasteiger partial charge is 0.324 e. The van der Waals surface area contributed by atoms with E-state index >= 15 is 0 Å². The van der Waals surface area contributed by atoms with Crippen LogP contribution in [0.2, 0.25) is 0 Å². The maximum absolute atomic E-state index is 5.80. The fourth-order valence-electron chi connectivity index (χ4n) is 1.13. The summed E-state index contributed by atoms with van der Waals surface area (Å²) in [5.41, 5.74) is 6.97. The van der Waals surface area contributed by atoms with E-state index in [2.05, 4.69) is 41.1 Å². The Kier molecular flexibility index (Phi) is 4.29. The van der Waals surface area contributed by atoms with Gasteiger partial charge < -0.3 is 5.73 Å². The average Bonchev–Trinajstić information content (AvgIpc) is 2.04. The van der Waals surface area contributed by atoms with Crippen LogP contribution < -0.4 is 5.73 Å². The Labute approximate surface area is 92.2 Å². The molecule has 0 spiro atoms. The van der Waals surface area contributed by atoms with Gasteiger partial charge >= 0.3 is 0 Å². The number of hydrogen-bond acceptors (Lipinski definition) is 2. The van der Waals surface area contributed by atoms with Crippen molar-refractivity contribution in [1.29, 1.82) is 0 Å². The van der Waals surface area contributed by atoms with Gasteiger partial charge in [0.15, 0.2) is 0 Å². The first-order valence-electron chi connectivity index (χ1n) is 4.33. The molecule has 0 aromatic heterocycles. The molecular weight excluding hydrogens is 246 g/mol. The third-order valence-corrected chi connectivity index (χ3v) is 3.34. The van der Waals surface area contributed by atoms with Crippen LogP contribution in [0.5, 0.6) is 0 Å². The highest BCUT2D eigenvalue weighted by molar-refractivity contribution is 9.10. The normalized spacial score (nSPS) is 12.9. The Balaban J connectivity index is 2.92. The molecule has 0 aliphatic heterocycles. The van der Waals surface area contributed by atoms with Gasteiger partial charge in [0.05, 0.1) is 0 Å². The number of nitrogens with two attached hydrogens (primary N) is 1. The van der Waals surface area contributed by atoms with Gasteiger partial charge in [0.25, 0.3) is 0 Å². The Morgan fingerprint density at radius 1 is 1.54 bits per heavy atom. The van der Waals surface area contributed by atoms with Gasteiger partial charge in [0, 0.05) is 15.4 Å². The van der Waals surface area contributed by atoms with Crippen LogP contribution >= 0.6 is 27.7 Å². The maximum atomic E-state index is 5.80. The quantitative estimate of drug-likeness (QED) is 0.840. The summed E-state index contributed by atoms with van der Waals surface area (Å²) in [5, 5.41) is 0. The summed E-state index contributed by atoms with van der Waals surface area (Å²) in [6, 6.07) is 6.44. The van der Waals surface area contributed by atoms with E-state index in [1.54, 1.807) is 0 Å². The average molecular weight is 260 g/mol. The molecule has 1 atom stereocenters. The molecule has 0 aliphatic rings. The predicted molar refractivity (Wildman–Crippen MR) is 63.1 cm³/mol. The summed E-state index contributed by atoms with van der Waals surface area (Å²) in [7, 11) is 0. The van der Waals surface area contributed by atoms with Gasteiger partial charge in [0.1, 0.15) is 0 Å². The number of rotatable bonds is 3. The molecule has 0 fully saturated rings. The van der Waals surface area contributed by atoms with Crippen molar-refractivity contribution < 1.29 is 0 Å². The van der Waals surface area contributed by atoms with E-state index in [1.165, 1.54) is 10.5 Å². The van der Waals surface area contributed by atoms with E-state index in [1.807, 2.05) is 18.7 Å². The zero-order chi connectivity index (χ0) is 9.84. The SMILES string of the molecule is CCSc1ccc([C@@H](C)N)c(Br)c1. The minimum absolute atomic E-state index is 0.0926. The van der Waals surface area contributed by atoms with E-state index in [0.717, 1.165) is 10.2 Å². The first-order chi connectivity index (χ1) is 6.15. The fraction of sp³-hybridized carbons (Fsp3) is 0.400. The smallest absolute Gasteiger partial charge is 0.0277 e. The zero-order valence-corrected chi connectivity index (χ0v) is 10.3. The van der Waals surface area contributed by atoms with Crippen molar-refractivity contribution >= 4 is 27.7 Å². The van der Waals surface area contributed by atoms with Crippen molar-refractivity contribution in [3.63, 3.8) is 0 Å². The second-order valence-corrected chi connectivity index (χ2v) is 5.10. The summed E-state index contributed by atoms with van der Waals surface area (Å²) in [4.78, 5) is 1.29. The molecule has 0 amide bonds. The van der Waals surface area contributed by atoms with Crippen molar-refractivity contribution in [3.8, 4) is 0 Å². The lowest BCUT2D eigenvalue weighted by molar-refractivity contribution is 0.811. The van der Waals surface area contributed by atoms with Crippen LogP contribution in [0.15, 0.2) is 27.6 Å². The van der Waals surface area contributed by atoms with E-state index in [4.69, 9.17) is 5.73 Å². The minimum atomic E-state index is 0.0926. The lowest BCUT2D eigenvalue weighted by atomic mass is 10.1. The van der Waals surface area contributed by atoms with Crippen LogP contribution in [0.25, 0.3) is 0 Å². The number of halogens is 1. The van der Waals surface area contributed by atoms with Crippen molar-refractivity contribution in [2.75, 3.05) is 5.75 Å². The van der Waals surface area contributed by atoms with Gasteiger partial charge in [-0.3, -0.25) is 0 Å². The fourth-order valence-corrected chi connectivity index (χ4v) is 2.72. The molecule has 0 aliphatic carbocycles. The molecule has 1 rings (SSSR count). The molecule has 0 radical (unpaired) electrons. The first-order valence-corrected chi connectivity index (χ1v) is 6.10. The third kappa shape index (κ3) is 3.01. The van der Waals surface area contributed by atoms with Gasteiger partial charge in [-0.1, -0.05) is 28.9 Å². The van der Waals surface area contributed by atoms with Crippen LogP contribution in [0, 0.1) is 0 Å². The van der Waals surface area contributed by atoms with Crippen LogP contribution in [-0.2, 0) is 0 Å². The Morgan fingerprint density at radius 2 is 2.23 bits per heavy atom. The predicted octanol–water partition coefficient (Wildman–Crippen LogP) is 3.58.